The van der Waals surface area contributed by atoms with E-state index in [9.17, 15) is 8.78 Å². The van der Waals surface area contributed by atoms with Crippen molar-refractivity contribution >= 4 is 0 Å². The molecule has 2 aromatic rings. The van der Waals surface area contributed by atoms with Crippen molar-refractivity contribution in [1.82, 2.24) is 15.1 Å². The molecule has 1 N–H and O–H groups in total. The van der Waals surface area contributed by atoms with Crippen LogP contribution in [0.1, 0.15) is 30.8 Å². The summed E-state index contributed by atoms with van der Waals surface area (Å²) in [6.07, 6.45) is 0. The van der Waals surface area contributed by atoms with Crippen molar-refractivity contribution in [1.29, 1.82) is 0 Å². The fraction of sp³-hybridized carbons (Fsp3) is 0.400. The Kier molecular flexibility index (Phi) is 4.18. The highest BCUT2D eigenvalue weighted by Gasteiger charge is 2.16. The monoisotopic (exact) mass is 279 g/mol. The smallest absolute Gasteiger partial charge is 0.152 e. The van der Waals surface area contributed by atoms with E-state index in [1.807, 2.05) is 13.8 Å². The zero-order chi connectivity index (χ0) is 14.9. The number of aryl methyl sites for hydroxylation is 2. The molecule has 0 radical (unpaired) electrons. The van der Waals surface area contributed by atoms with Gasteiger partial charge in [-0.15, -0.1) is 0 Å². The minimum Gasteiger partial charge on any atom is -0.310 e. The number of hydrogen-bond acceptors (Lipinski definition) is 2. The first-order valence-corrected chi connectivity index (χ1v) is 6.63. The third-order valence-electron chi connectivity index (χ3n) is 3.01. The van der Waals surface area contributed by atoms with Crippen LogP contribution in [0.25, 0.3) is 5.69 Å². The van der Waals surface area contributed by atoms with Gasteiger partial charge < -0.3 is 5.32 Å². The van der Waals surface area contributed by atoms with Gasteiger partial charge in [0.2, 0.25) is 0 Å². The van der Waals surface area contributed by atoms with Gasteiger partial charge in [-0.3, -0.25) is 0 Å². The van der Waals surface area contributed by atoms with Crippen LogP contribution in [0.15, 0.2) is 18.2 Å². The van der Waals surface area contributed by atoms with Gasteiger partial charge in [0.1, 0.15) is 5.69 Å². The van der Waals surface area contributed by atoms with Crippen LogP contribution >= 0.6 is 0 Å². The van der Waals surface area contributed by atoms with Crippen LogP contribution in [0.3, 0.4) is 0 Å². The normalized spacial score (nSPS) is 11.3. The van der Waals surface area contributed by atoms with Crippen LogP contribution in [0.2, 0.25) is 0 Å². The van der Waals surface area contributed by atoms with Gasteiger partial charge in [-0.05, 0) is 37.6 Å². The van der Waals surface area contributed by atoms with Crippen LogP contribution in [0.4, 0.5) is 8.78 Å². The Morgan fingerprint density at radius 2 is 1.75 bits per heavy atom. The average molecular weight is 279 g/mol. The highest BCUT2D eigenvalue weighted by Crippen LogP contribution is 2.21. The van der Waals surface area contributed by atoms with Crippen LogP contribution < -0.4 is 5.32 Å². The molecule has 108 valence electrons. The number of aromatic nitrogens is 2. The molecule has 2 rings (SSSR count). The summed E-state index contributed by atoms with van der Waals surface area (Å²) >= 11 is 0. The van der Waals surface area contributed by atoms with Gasteiger partial charge in [0.05, 0.1) is 5.69 Å². The number of benzene rings is 1. The lowest BCUT2D eigenvalue weighted by Crippen LogP contribution is -2.22. The molecule has 3 nitrogen and oxygen atoms in total. The average Bonchev–Trinajstić information content (AvgIpc) is 2.65. The molecule has 0 unspecified atom stereocenters. The summed E-state index contributed by atoms with van der Waals surface area (Å²) in [4.78, 5) is 0. The van der Waals surface area contributed by atoms with E-state index in [1.165, 1.54) is 16.8 Å². The van der Waals surface area contributed by atoms with E-state index < -0.39 is 11.6 Å². The van der Waals surface area contributed by atoms with E-state index in [1.54, 1.807) is 19.9 Å². The van der Waals surface area contributed by atoms with Crippen molar-refractivity contribution < 1.29 is 8.78 Å². The van der Waals surface area contributed by atoms with Gasteiger partial charge in [-0.25, -0.2) is 13.5 Å². The maximum absolute atomic E-state index is 14.2. The third kappa shape index (κ3) is 3.04. The number of hydrogen-bond donors (Lipinski definition) is 1. The standard InChI is InChI=1S/C15H19F2N3/c1-9(2)18-8-12-6-13(16)15(14(17)7-12)20-11(4)5-10(3)19-20/h5-7,9,18H,8H2,1-4H3. The summed E-state index contributed by atoms with van der Waals surface area (Å²) in [5.74, 6) is -1.20. The molecule has 0 saturated heterocycles. The van der Waals surface area contributed by atoms with Crippen molar-refractivity contribution in [2.24, 2.45) is 0 Å². The largest absolute Gasteiger partial charge is 0.310 e. The topological polar surface area (TPSA) is 29.9 Å². The fourth-order valence-electron chi connectivity index (χ4n) is 2.10. The Labute approximate surface area is 117 Å². The molecule has 0 aliphatic heterocycles. The van der Waals surface area contributed by atoms with Crippen LogP contribution in [-0.2, 0) is 6.54 Å². The van der Waals surface area contributed by atoms with E-state index >= 15 is 0 Å². The summed E-state index contributed by atoms with van der Waals surface area (Å²) in [6.45, 7) is 7.96. The molecule has 0 fully saturated rings. The highest BCUT2D eigenvalue weighted by atomic mass is 19.1. The van der Waals surface area contributed by atoms with E-state index in [2.05, 4.69) is 10.4 Å². The molecular weight excluding hydrogens is 260 g/mol. The maximum atomic E-state index is 14.2. The highest BCUT2D eigenvalue weighted by molar-refractivity contribution is 5.39. The Bertz CT molecular complexity index is 595. The number of nitrogens with one attached hydrogen (secondary N) is 1. The minimum absolute atomic E-state index is 0.121. The van der Waals surface area contributed by atoms with Gasteiger partial charge >= 0.3 is 0 Å². The van der Waals surface area contributed by atoms with Gasteiger partial charge in [0, 0.05) is 18.3 Å². The molecule has 0 saturated carbocycles. The molecule has 1 aromatic carbocycles. The van der Waals surface area contributed by atoms with E-state index in [-0.39, 0.29) is 11.7 Å². The quantitative estimate of drug-likeness (QED) is 0.931. The first-order chi connectivity index (χ1) is 9.38. The lowest BCUT2D eigenvalue weighted by atomic mass is 10.1. The van der Waals surface area contributed by atoms with Gasteiger partial charge in [0.15, 0.2) is 11.6 Å². The second-order valence-electron chi connectivity index (χ2n) is 5.28. The van der Waals surface area contributed by atoms with Gasteiger partial charge in [-0.1, -0.05) is 13.8 Å². The Morgan fingerprint density at radius 3 is 2.20 bits per heavy atom. The van der Waals surface area contributed by atoms with Crippen LogP contribution in [0, 0.1) is 25.5 Å². The van der Waals surface area contributed by atoms with Crippen molar-refractivity contribution in [3.8, 4) is 5.69 Å². The zero-order valence-corrected chi connectivity index (χ0v) is 12.2. The predicted molar refractivity (Wildman–Crippen MR) is 74.9 cm³/mol. The number of nitrogens with zero attached hydrogens (tertiary/aromatic N) is 2. The van der Waals surface area contributed by atoms with E-state index in [0.29, 0.717) is 17.8 Å². The van der Waals surface area contributed by atoms with Crippen LogP contribution in [-0.4, -0.2) is 15.8 Å². The third-order valence-corrected chi connectivity index (χ3v) is 3.01. The fourth-order valence-corrected chi connectivity index (χ4v) is 2.10. The Morgan fingerprint density at radius 1 is 1.15 bits per heavy atom. The molecule has 5 heteroatoms. The molecule has 0 amide bonds. The summed E-state index contributed by atoms with van der Waals surface area (Å²) < 4.78 is 29.7. The summed E-state index contributed by atoms with van der Waals surface area (Å²) in [6, 6.07) is 4.75. The number of rotatable bonds is 4. The zero-order valence-electron chi connectivity index (χ0n) is 12.2. The van der Waals surface area contributed by atoms with E-state index in [4.69, 9.17) is 0 Å². The first-order valence-electron chi connectivity index (χ1n) is 6.63. The molecule has 0 spiro atoms. The molecule has 0 atom stereocenters. The SMILES string of the molecule is Cc1cc(C)n(-c2c(F)cc(CNC(C)C)cc2F)n1. The lowest BCUT2D eigenvalue weighted by molar-refractivity contribution is 0.543. The van der Waals surface area contributed by atoms with Crippen LogP contribution in [0.5, 0.6) is 0 Å². The van der Waals surface area contributed by atoms with Crippen molar-refractivity contribution in [2.45, 2.75) is 40.3 Å². The predicted octanol–water partition coefficient (Wildman–Crippen LogP) is 3.27. The summed E-state index contributed by atoms with van der Waals surface area (Å²) in [5.41, 5.74) is 1.89. The maximum Gasteiger partial charge on any atom is 0.152 e. The first kappa shape index (κ1) is 14.7. The Hall–Kier alpha value is -1.75. The summed E-state index contributed by atoms with van der Waals surface area (Å²) in [5, 5.41) is 7.26. The Balaban J connectivity index is 2.39. The summed E-state index contributed by atoms with van der Waals surface area (Å²) in [7, 11) is 0. The molecule has 1 heterocycles. The molecule has 0 aliphatic carbocycles. The van der Waals surface area contributed by atoms with Crippen molar-refractivity contribution in [3.05, 3.63) is 46.8 Å². The van der Waals surface area contributed by atoms with Crippen molar-refractivity contribution in [3.63, 3.8) is 0 Å². The molecule has 0 aliphatic rings. The second kappa shape index (κ2) is 5.71. The van der Waals surface area contributed by atoms with E-state index in [0.717, 1.165) is 5.69 Å². The van der Waals surface area contributed by atoms with Crippen molar-refractivity contribution in [2.75, 3.05) is 0 Å². The number of halogens is 2. The van der Waals surface area contributed by atoms with Gasteiger partial charge in [0.25, 0.3) is 0 Å². The second-order valence-corrected chi connectivity index (χ2v) is 5.28. The minimum atomic E-state index is -0.600. The molecular formula is C15H19F2N3. The molecule has 0 bridgehead atoms. The molecule has 1 aromatic heterocycles. The molecule has 20 heavy (non-hydrogen) atoms. The lowest BCUT2D eigenvalue weighted by Gasteiger charge is -2.12. The van der Waals surface area contributed by atoms with Gasteiger partial charge in [-0.2, -0.15) is 5.10 Å².